The molecule has 1 N–H and O–H groups in total. The van der Waals surface area contributed by atoms with E-state index in [-0.39, 0.29) is 0 Å². The molecule has 0 aliphatic heterocycles. The molecule has 1 unspecified atom stereocenters. The van der Waals surface area contributed by atoms with Crippen LogP contribution in [0.15, 0.2) is 48.5 Å². The highest BCUT2D eigenvalue weighted by atomic mass is 14.9. The fraction of sp³-hybridized carbons (Fsp3) is 0.368. The van der Waals surface area contributed by atoms with E-state index >= 15 is 0 Å². The molecule has 0 aliphatic rings. The third-order valence-corrected chi connectivity index (χ3v) is 3.97. The Labute approximate surface area is 123 Å². The molecule has 0 saturated carbocycles. The van der Waals surface area contributed by atoms with Gasteiger partial charge in [0.15, 0.2) is 0 Å². The quantitative estimate of drug-likeness (QED) is 0.806. The van der Waals surface area contributed by atoms with Crippen molar-refractivity contribution in [3.8, 4) is 0 Å². The van der Waals surface area contributed by atoms with Gasteiger partial charge in [0.2, 0.25) is 0 Å². The molecule has 0 aliphatic carbocycles. The highest BCUT2D eigenvalue weighted by Crippen LogP contribution is 2.20. The lowest BCUT2D eigenvalue weighted by atomic mass is 10.0. The molecule has 2 atom stereocenters. The summed E-state index contributed by atoms with van der Waals surface area (Å²) in [6.45, 7) is 8.77. The summed E-state index contributed by atoms with van der Waals surface area (Å²) in [5.74, 6) is 0. The van der Waals surface area contributed by atoms with Crippen molar-refractivity contribution in [1.82, 2.24) is 5.32 Å². The number of hydrogen-bond acceptors (Lipinski definition) is 1. The van der Waals surface area contributed by atoms with E-state index in [1.165, 1.54) is 22.3 Å². The molecule has 2 aromatic carbocycles. The van der Waals surface area contributed by atoms with Crippen LogP contribution in [0.25, 0.3) is 0 Å². The number of benzene rings is 2. The third kappa shape index (κ3) is 3.71. The molecule has 0 saturated heterocycles. The second kappa shape index (κ2) is 6.71. The normalized spacial score (nSPS) is 14.0. The van der Waals surface area contributed by atoms with Gasteiger partial charge in [-0.2, -0.15) is 0 Å². The molecule has 0 spiro atoms. The molecule has 0 heterocycles. The van der Waals surface area contributed by atoms with Gasteiger partial charge < -0.3 is 5.32 Å². The Balaban J connectivity index is 2.02. The minimum absolute atomic E-state index is 0.358. The molecule has 2 rings (SSSR count). The van der Waals surface area contributed by atoms with Crippen LogP contribution in [0.1, 0.15) is 55.1 Å². The van der Waals surface area contributed by atoms with Crippen molar-refractivity contribution in [3.05, 3.63) is 70.8 Å². The van der Waals surface area contributed by atoms with Gasteiger partial charge in [0, 0.05) is 12.1 Å². The fourth-order valence-corrected chi connectivity index (χ4v) is 2.46. The van der Waals surface area contributed by atoms with Gasteiger partial charge in [-0.25, -0.2) is 0 Å². The number of hydrogen-bond donors (Lipinski definition) is 1. The average molecular weight is 267 g/mol. The van der Waals surface area contributed by atoms with Crippen LogP contribution in [0.5, 0.6) is 0 Å². The Bertz CT molecular complexity index is 525. The number of aryl methyl sites for hydroxylation is 2. The summed E-state index contributed by atoms with van der Waals surface area (Å²) in [5, 5.41) is 3.67. The summed E-state index contributed by atoms with van der Waals surface area (Å²) >= 11 is 0. The highest BCUT2D eigenvalue weighted by Gasteiger charge is 2.10. The molecule has 106 valence electrons. The average Bonchev–Trinajstić information content (AvgIpc) is 2.48. The van der Waals surface area contributed by atoms with Gasteiger partial charge in [-0.1, -0.05) is 61.0 Å². The lowest BCUT2D eigenvalue weighted by molar-refractivity contribution is 0.494. The minimum Gasteiger partial charge on any atom is -0.304 e. The van der Waals surface area contributed by atoms with E-state index in [9.17, 15) is 0 Å². The van der Waals surface area contributed by atoms with Gasteiger partial charge in [-0.05, 0) is 43.9 Å². The molecule has 0 bridgehead atoms. The summed E-state index contributed by atoms with van der Waals surface area (Å²) in [6.07, 6.45) is 1.10. The molecule has 1 heteroatoms. The zero-order valence-electron chi connectivity index (χ0n) is 13.0. The van der Waals surface area contributed by atoms with Crippen LogP contribution in [0, 0.1) is 6.92 Å². The van der Waals surface area contributed by atoms with Crippen molar-refractivity contribution in [2.24, 2.45) is 0 Å². The van der Waals surface area contributed by atoms with Crippen LogP contribution in [-0.4, -0.2) is 0 Å². The molecule has 0 radical (unpaired) electrons. The van der Waals surface area contributed by atoms with Gasteiger partial charge in [0.05, 0.1) is 0 Å². The van der Waals surface area contributed by atoms with Gasteiger partial charge in [-0.3, -0.25) is 0 Å². The zero-order valence-corrected chi connectivity index (χ0v) is 13.0. The molecule has 2 aromatic rings. The highest BCUT2D eigenvalue weighted by molar-refractivity contribution is 5.26. The standard InChI is InChI=1S/C19H25N/c1-5-17-8-12-19(13-9-17)16(4)20-15(3)18-10-6-14(2)7-11-18/h6-13,15-16,20H,5H2,1-4H3/t15-,16?/m1/s1. The van der Waals surface area contributed by atoms with E-state index in [1.54, 1.807) is 0 Å². The van der Waals surface area contributed by atoms with E-state index in [0.717, 1.165) is 6.42 Å². The van der Waals surface area contributed by atoms with Gasteiger partial charge in [0.1, 0.15) is 0 Å². The molecule has 0 amide bonds. The summed E-state index contributed by atoms with van der Waals surface area (Å²) in [7, 11) is 0. The lowest BCUT2D eigenvalue weighted by Crippen LogP contribution is -2.22. The zero-order chi connectivity index (χ0) is 14.5. The van der Waals surface area contributed by atoms with Crippen molar-refractivity contribution < 1.29 is 0 Å². The molecule has 0 aromatic heterocycles. The summed E-state index contributed by atoms with van der Waals surface area (Å²) in [6, 6.07) is 18.4. The van der Waals surface area contributed by atoms with Crippen LogP contribution in [0.4, 0.5) is 0 Å². The lowest BCUT2D eigenvalue weighted by Gasteiger charge is -2.21. The predicted octanol–water partition coefficient (Wildman–Crippen LogP) is 4.97. The number of rotatable bonds is 5. The van der Waals surface area contributed by atoms with Crippen LogP contribution < -0.4 is 5.32 Å². The van der Waals surface area contributed by atoms with Gasteiger partial charge in [0.25, 0.3) is 0 Å². The smallest absolute Gasteiger partial charge is 0.0297 e. The van der Waals surface area contributed by atoms with Crippen molar-refractivity contribution in [2.45, 2.75) is 46.2 Å². The Morgan fingerprint density at radius 1 is 0.800 bits per heavy atom. The Hall–Kier alpha value is -1.60. The SMILES string of the molecule is CCc1ccc(C(C)N[C@H](C)c2ccc(C)cc2)cc1. The first kappa shape index (κ1) is 14.8. The van der Waals surface area contributed by atoms with Crippen molar-refractivity contribution >= 4 is 0 Å². The maximum atomic E-state index is 3.67. The Morgan fingerprint density at radius 2 is 1.25 bits per heavy atom. The topological polar surface area (TPSA) is 12.0 Å². The Kier molecular flexibility index (Phi) is 4.97. The second-order valence-corrected chi connectivity index (χ2v) is 5.62. The molecular formula is C19H25N. The van der Waals surface area contributed by atoms with Crippen LogP contribution in [-0.2, 0) is 6.42 Å². The van der Waals surface area contributed by atoms with E-state index in [0.29, 0.717) is 12.1 Å². The summed E-state index contributed by atoms with van der Waals surface area (Å²) in [5.41, 5.74) is 5.39. The second-order valence-electron chi connectivity index (χ2n) is 5.62. The monoisotopic (exact) mass is 267 g/mol. The van der Waals surface area contributed by atoms with E-state index < -0.39 is 0 Å². The summed E-state index contributed by atoms with van der Waals surface area (Å²) in [4.78, 5) is 0. The van der Waals surface area contributed by atoms with E-state index in [4.69, 9.17) is 0 Å². The third-order valence-electron chi connectivity index (χ3n) is 3.97. The van der Waals surface area contributed by atoms with Crippen LogP contribution in [0.2, 0.25) is 0 Å². The van der Waals surface area contributed by atoms with Crippen molar-refractivity contribution in [1.29, 1.82) is 0 Å². The maximum absolute atomic E-state index is 3.67. The van der Waals surface area contributed by atoms with Crippen LogP contribution >= 0.6 is 0 Å². The van der Waals surface area contributed by atoms with Gasteiger partial charge >= 0.3 is 0 Å². The summed E-state index contributed by atoms with van der Waals surface area (Å²) < 4.78 is 0. The predicted molar refractivity (Wildman–Crippen MR) is 87.0 cm³/mol. The molecule has 0 fully saturated rings. The molecular weight excluding hydrogens is 242 g/mol. The first-order valence-corrected chi connectivity index (χ1v) is 7.51. The Morgan fingerprint density at radius 3 is 1.70 bits per heavy atom. The molecule has 20 heavy (non-hydrogen) atoms. The van der Waals surface area contributed by atoms with E-state index in [2.05, 4.69) is 81.5 Å². The molecule has 1 nitrogen and oxygen atoms in total. The number of nitrogens with one attached hydrogen (secondary N) is 1. The van der Waals surface area contributed by atoms with Crippen molar-refractivity contribution in [2.75, 3.05) is 0 Å². The maximum Gasteiger partial charge on any atom is 0.0297 e. The van der Waals surface area contributed by atoms with E-state index in [1.807, 2.05) is 0 Å². The van der Waals surface area contributed by atoms with Crippen LogP contribution in [0.3, 0.4) is 0 Å². The minimum atomic E-state index is 0.358. The van der Waals surface area contributed by atoms with Crippen molar-refractivity contribution in [3.63, 3.8) is 0 Å². The first-order valence-electron chi connectivity index (χ1n) is 7.51. The largest absolute Gasteiger partial charge is 0.304 e. The fourth-order valence-electron chi connectivity index (χ4n) is 2.46. The first-order chi connectivity index (χ1) is 9.60. The van der Waals surface area contributed by atoms with Gasteiger partial charge in [-0.15, -0.1) is 0 Å².